The highest BCUT2D eigenvalue weighted by atomic mass is 16.4. The van der Waals surface area contributed by atoms with Crippen molar-refractivity contribution < 1.29 is 4.65 Å². The molecule has 64 valence electrons. The fourth-order valence-corrected chi connectivity index (χ4v) is 1.26. The van der Waals surface area contributed by atoms with Gasteiger partial charge in [0.05, 0.1) is 0 Å². The predicted molar refractivity (Wildman–Crippen MR) is 49.5 cm³/mol. The molecule has 0 fully saturated rings. The van der Waals surface area contributed by atoms with Gasteiger partial charge in [0.2, 0.25) is 0 Å². The van der Waals surface area contributed by atoms with Gasteiger partial charge in [-0.3, -0.25) is 0 Å². The summed E-state index contributed by atoms with van der Waals surface area (Å²) in [5, 5.41) is 0. The summed E-state index contributed by atoms with van der Waals surface area (Å²) in [6, 6.07) is 0. The fourth-order valence-electron chi connectivity index (χ4n) is 1.26. The molecule has 0 aromatic heterocycles. The third-order valence-corrected chi connectivity index (χ3v) is 1.66. The van der Waals surface area contributed by atoms with Gasteiger partial charge < -0.3 is 4.65 Å². The Hall–Kier alpha value is 0.0249. The standard InChI is InChI=1S/C9H19BO/c1-7(2)5-9(11-10)6-8(3)4/h7-9H,5-6H2,1-4H3. The highest BCUT2D eigenvalue weighted by molar-refractivity contribution is 5.98. The van der Waals surface area contributed by atoms with Crippen molar-refractivity contribution in [3.8, 4) is 0 Å². The van der Waals surface area contributed by atoms with Crippen molar-refractivity contribution in [2.75, 3.05) is 0 Å². The van der Waals surface area contributed by atoms with E-state index < -0.39 is 0 Å². The van der Waals surface area contributed by atoms with Crippen LogP contribution in [0, 0.1) is 11.8 Å². The molecular weight excluding hydrogens is 135 g/mol. The Kier molecular flexibility index (Phi) is 5.66. The minimum atomic E-state index is 0.245. The van der Waals surface area contributed by atoms with E-state index in [2.05, 4.69) is 27.7 Å². The lowest BCUT2D eigenvalue weighted by atomic mass is 9.97. The Morgan fingerprint density at radius 1 is 1.00 bits per heavy atom. The van der Waals surface area contributed by atoms with Gasteiger partial charge in [-0.2, -0.15) is 0 Å². The maximum atomic E-state index is 5.17. The second-order valence-electron chi connectivity index (χ2n) is 4.02. The zero-order valence-electron chi connectivity index (χ0n) is 8.13. The van der Waals surface area contributed by atoms with Gasteiger partial charge in [-0.15, -0.1) is 0 Å². The van der Waals surface area contributed by atoms with E-state index in [1.807, 2.05) is 0 Å². The lowest BCUT2D eigenvalue weighted by molar-refractivity contribution is 0.164. The van der Waals surface area contributed by atoms with Crippen molar-refractivity contribution in [2.45, 2.75) is 46.6 Å². The smallest absolute Gasteiger partial charge is 0.283 e. The topological polar surface area (TPSA) is 9.23 Å². The van der Waals surface area contributed by atoms with Crippen molar-refractivity contribution in [3.05, 3.63) is 0 Å². The highest BCUT2D eigenvalue weighted by Gasteiger charge is 2.10. The average molecular weight is 154 g/mol. The van der Waals surface area contributed by atoms with E-state index in [0.29, 0.717) is 11.8 Å². The molecule has 0 rings (SSSR count). The molecule has 0 heterocycles. The van der Waals surface area contributed by atoms with Gasteiger partial charge in [-0.1, -0.05) is 27.7 Å². The molecule has 0 spiro atoms. The molecule has 0 saturated carbocycles. The van der Waals surface area contributed by atoms with Gasteiger partial charge in [0.15, 0.2) is 0 Å². The maximum Gasteiger partial charge on any atom is 0.283 e. The summed E-state index contributed by atoms with van der Waals surface area (Å²) in [4.78, 5) is 0. The van der Waals surface area contributed by atoms with Crippen LogP contribution in [0.2, 0.25) is 0 Å². The van der Waals surface area contributed by atoms with Crippen LogP contribution in [0.15, 0.2) is 0 Å². The lowest BCUT2D eigenvalue weighted by Crippen LogP contribution is -2.16. The van der Waals surface area contributed by atoms with E-state index in [1.165, 1.54) is 0 Å². The summed E-state index contributed by atoms with van der Waals surface area (Å²) in [6.07, 6.45) is 2.37. The molecule has 0 aromatic carbocycles. The van der Waals surface area contributed by atoms with Crippen molar-refractivity contribution in [1.29, 1.82) is 0 Å². The summed E-state index contributed by atoms with van der Waals surface area (Å²) in [6.45, 7) is 8.75. The third kappa shape index (κ3) is 6.42. The summed E-state index contributed by atoms with van der Waals surface area (Å²) >= 11 is 0. The summed E-state index contributed by atoms with van der Waals surface area (Å²) in [5.41, 5.74) is 0. The summed E-state index contributed by atoms with van der Waals surface area (Å²) in [7, 11) is 5.17. The normalized spacial score (nSPS) is 11.9. The predicted octanol–water partition coefficient (Wildman–Crippen LogP) is 2.55. The van der Waals surface area contributed by atoms with Crippen LogP contribution in [0.1, 0.15) is 40.5 Å². The second kappa shape index (κ2) is 5.65. The van der Waals surface area contributed by atoms with Crippen molar-refractivity contribution in [1.82, 2.24) is 0 Å². The van der Waals surface area contributed by atoms with Crippen LogP contribution in [0.25, 0.3) is 0 Å². The fraction of sp³-hybridized carbons (Fsp3) is 1.00. The van der Waals surface area contributed by atoms with Gasteiger partial charge in [-0.05, 0) is 24.7 Å². The first-order valence-electron chi connectivity index (χ1n) is 4.41. The lowest BCUT2D eigenvalue weighted by Gasteiger charge is -2.19. The zero-order chi connectivity index (χ0) is 8.85. The van der Waals surface area contributed by atoms with E-state index in [4.69, 9.17) is 12.7 Å². The molecule has 0 amide bonds. The Bertz CT molecular complexity index is 81.6. The SMILES string of the molecule is [B]OC(CC(C)C)CC(C)C. The first-order valence-corrected chi connectivity index (χ1v) is 4.41. The molecule has 0 N–H and O–H groups in total. The molecule has 0 aliphatic carbocycles. The van der Waals surface area contributed by atoms with Crippen molar-refractivity contribution in [2.24, 2.45) is 11.8 Å². The average Bonchev–Trinajstić information content (AvgIpc) is 1.84. The molecule has 2 radical (unpaired) electrons. The van der Waals surface area contributed by atoms with Gasteiger partial charge in [-0.25, -0.2) is 0 Å². The molecule has 1 nitrogen and oxygen atoms in total. The van der Waals surface area contributed by atoms with Crippen LogP contribution in [-0.4, -0.2) is 14.2 Å². The van der Waals surface area contributed by atoms with E-state index in [0.717, 1.165) is 12.8 Å². The zero-order valence-corrected chi connectivity index (χ0v) is 8.13. The minimum absolute atomic E-state index is 0.245. The van der Waals surface area contributed by atoms with Crippen LogP contribution >= 0.6 is 0 Å². The van der Waals surface area contributed by atoms with Crippen LogP contribution in [0.5, 0.6) is 0 Å². The minimum Gasteiger partial charge on any atom is -0.445 e. The Morgan fingerprint density at radius 3 is 1.55 bits per heavy atom. The number of rotatable bonds is 5. The van der Waals surface area contributed by atoms with Crippen molar-refractivity contribution >= 4 is 8.05 Å². The Morgan fingerprint density at radius 2 is 1.36 bits per heavy atom. The molecule has 0 aliphatic heterocycles. The van der Waals surface area contributed by atoms with Crippen LogP contribution in [0.3, 0.4) is 0 Å². The van der Waals surface area contributed by atoms with E-state index in [-0.39, 0.29) is 6.10 Å². The van der Waals surface area contributed by atoms with Gasteiger partial charge in [0.1, 0.15) is 0 Å². The second-order valence-corrected chi connectivity index (χ2v) is 4.02. The maximum absolute atomic E-state index is 5.17. The van der Waals surface area contributed by atoms with Gasteiger partial charge in [0, 0.05) is 6.10 Å². The molecule has 0 unspecified atom stereocenters. The highest BCUT2D eigenvalue weighted by Crippen LogP contribution is 2.15. The van der Waals surface area contributed by atoms with Gasteiger partial charge in [0.25, 0.3) is 8.05 Å². The summed E-state index contributed by atoms with van der Waals surface area (Å²) < 4.78 is 4.87. The quantitative estimate of drug-likeness (QED) is 0.553. The molecule has 0 bridgehead atoms. The molecule has 0 atom stereocenters. The third-order valence-electron chi connectivity index (χ3n) is 1.66. The van der Waals surface area contributed by atoms with E-state index >= 15 is 0 Å². The van der Waals surface area contributed by atoms with Crippen LogP contribution < -0.4 is 0 Å². The first kappa shape index (κ1) is 11.0. The summed E-state index contributed by atoms with van der Waals surface area (Å²) in [5.74, 6) is 1.34. The van der Waals surface area contributed by atoms with Crippen LogP contribution in [0.4, 0.5) is 0 Å². The molecule has 0 aliphatic rings. The van der Waals surface area contributed by atoms with E-state index in [9.17, 15) is 0 Å². The largest absolute Gasteiger partial charge is 0.445 e. The molecule has 2 heteroatoms. The van der Waals surface area contributed by atoms with Gasteiger partial charge >= 0.3 is 0 Å². The molecule has 0 aromatic rings. The Labute approximate surface area is 72.0 Å². The van der Waals surface area contributed by atoms with Crippen molar-refractivity contribution in [3.63, 3.8) is 0 Å². The van der Waals surface area contributed by atoms with Crippen LogP contribution in [-0.2, 0) is 4.65 Å². The molecule has 0 saturated heterocycles. The van der Waals surface area contributed by atoms with E-state index in [1.54, 1.807) is 0 Å². The number of hydrogen-bond donors (Lipinski definition) is 0. The molecule has 11 heavy (non-hydrogen) atoms. The number of hydrogen-bond acceptors (Lipinski definition) is 1. The Balaban J connectivity index is 3.58. The first-order chi connectivity index (χ1) is 5.06. The molecular formula is C9H19BO. The monoisotopic (exact) mass is 154 g/mol.